The summed E-state index contributed by atoms with van der Waals surface area (Å²) in [6.07, 6.45) is 3.05. The Labute approximate surface area is 267 Å². The number of benzene rings is 3. The molecule has 45 heavy (non-hydrogen) atoms. The van der Waals surface area contributed by atoms with Gasteiger partial charge in [0.2, 0.25) is 5.89 Å². The second-order valence-electron chi connectivity index (χ2n) is 9.82. The molecule has 5 rings (SSSR count). The van der Waals surface area contributed by atoms with E-state index in [0.29, 0.717) is 39.6 Å². The van der Waals surface area contributed by atoms with Gasteiger partial charge in [0.1, 0.15) is 11.4 Å². The van der Waals surface area contributed by atoms with E-state index in [9.17, 15) is 10.1 Å². The van der Waals surface area contributed by atoms with Gasteiger partial charge >= 0.3 is 0 Å². The minimum Gasteiger partial charge on any atom is -0.493 e. The third-order valence-electron chi connectivity index (χ3n) is 6.90. The van der Waals surface area contributed by atoms with E-state index in [1.54, 1.807) is 39.2 Å². The molecule has 0 atom stereocenters. The number of ether oxygens (including phenoxy) is 3. The number of nitrogens with zero attached hydrogens (tertiary/aromatic N) is 3. The first-order chi connectivity index (χ1) is 21.6. The molecule has 228 valence electrons. The molecule has 0 spiro atoms. The number of aromatic nitrogens is 3. The largest absolute Gasteiger partial charge is 0.493 e. The molecule has 0 radical (unpaired) electrons. The number of hydrogen-bond donors (Lipinski definition) is 1. The van der Waals surface area contributed by atoms with Gasteiger partial charge < -0.3 is 23.6 Å². The zero-order valence-electron chi connectivity index (χ0n) is 24.5. The number of nitriles is 1. The monoisotopic (exact) mass is 646 g/mol. The zero-order valence-corrected chi connectivity index (χ0v) is 26.0. The van der Waals surface area contributed by atoms with Crippen LogP contribution in [0.4, 0.5) is 4.39 Å². The average molecular weight is 647 g/mol. The normalized spacial score (nSPS) is 11.1. The lowest BCUT2D eigenvalue weighted by Gasteiger charge is -2.11. The van der Waals surface area contributed by atoms with Gasteiger partial charge in [-0.2, -0.15) is 5.26 Å². The van der Waals surface area contributed by atoms with Gasteiger partial charge in [-0.1, -0.05) is 41.4 Å². The van der Waals surface area contributed by atoms with Crippen molar-refractivity contribution < 1.29 is 27.8 Å². The summed E-state index contributed by atoms with van der Waals surface area (Å²) in [5, 5.41) is 17.7. The van der Waals surface area contributed by atoms with Gasteiger partial charge in [0, 0.05) is 27.4 Å². The van der Waals surface area contributed by atoms with E-state index in [0.717, 1.165) is 0 Å². The van der Waals surface area contributed by atoms with E-state index in [4.69, 9.17) is 41.8 Å². The van der Waals surface area contributed by atoms with Crippen LogP contribution >= 0.6 is 23.2 Å². The van der Waals surface area contributed by atoms with Crippen LogP contribution in [0.3, 0.4) is 0 Å². The predicted molar refractivity (Wildman–Crippen MR) is 167 cm³/mol. The van der Waals surface area contributed by atoms with Crippen molar-refractivity contribution in [3.8, 4) is 40.7 Å². The number of hydrogen-bond acceptors (Lipinski definition) is 8. The Hall–Kier alpha value is -5.11. The molecule has 0 aliphatic carbocycles. The first-order valence-corrected chi connectivity index (χ1v) is 14.2. The van der Waals surface area contributed by atoms with Crippen LogP contribution < -0.4 is 14.2 Å². The lowest BCUT2D eigenvalue weighted by Crippen LogP contribution is -1.98. The highest BCUT2D eigenvalue weighted by Gasteiger charge is 2.23. The molecule has 0 aliphatic heterocycles. The molecular formula is C33H25Cl2FN4O5. The maximum absolute atomic E-state index is 15.5. The van der Waals surface area contributed by atoms with Crippen LogP contribution in [0.5, 0.6) is 23.0 Å². The molecule has 12 heteroatoms. The third kappa shape index (κ3) is 6.55. The van der Waals surface area contributed by atoms with Crippen LogP contribution in [-0.2, 0) is 6.42 Å². The van der Waals surface area contributed by atoms with E-state index in [-0.39, 0.29) is 56.7 Å². The summed E-state index contributed by atoms with van der Waals surface area (Å²) >= 11 is 12.3. The average Bonchev–Trinajstić information content (AvgIpc) is 3.61. The molecule has 2 aromatic heterocycles. The summed E-state index contributed by atoms with van der Waals surface area (Å²) in [6, 6.07) is 14.6. The fraction of sp³-hybridized carbons (Fsp3) is 0.152. The van der Waals surface area contributed by atoms with Crippen molar-refractivity contribution in [2.75, 3.05) is 14.2 Å². The summed E-state index contributed by atoms with van der Waals surface area (Å²) in [4.78, 5) is 16.4. The minimum atomic E-state index is -0.736. The van der Waals surface area contributed by atoms with Crippen LogP contribution in [-0.4, -0.2) is 35.2 Å². The maximum atomic E-state index is 15.5. The summed E-state index contributed by atoms with van der Waals surface area (Å²) in [7, 11) is 3.07. The molecule has 1 N–H and O–H groups in total. The number of halogens is 3. The van der Waals surface area contributed by atoms with Crippen LogP contribution in [0.2, 0.25) is 10.0 Å². The molecule has 0 aliphatic rings. The molecule has 0 saturated carbocycles. The highest BCUT2D eigenvalue weighted by atomic mass is 35.5. The number of nitrogens with one attached hydrogen (secondary N) is 1. The van der Waals surface area contributed by atoms with E-state index in [1.807, 2.05) is 12.1 Å². The number of allylic oxidation sites excluding steroid dienone is 1. The second kappa shape index (κ2) is 13.3. The molecule has 0 fully saturated rings. The van der Waals surface area contributed by atoms with Gasteiger partial charge in [0.15, 0.2) is 28.8 Å². The summed E-state index contributed by atoms with van der Waals surface area (Å²) in [6.45, 7) is 3.54. The van der Waals surface area contributed by atoms with E-state index >= 15 is 4.39 Å². The number of para-hydroxylation sites is 1. The topological polar surface area (TPSA) is 123 Å². The Morgan fingerprint density at radius 3 is 2.62 bits per heavy atom. The molecule has 3 aromatic carbocycles. The Balaban J connectivity index is 1.37. The zero-order chi connectivity index (χ0) is 32.2. The van der Waals surface area contributed by atoms with Crippen molar-refractivity contribution in [2.24, 2.45) is 0 Å². The number of rotatable bonds is 10. The van der Waals surface area contributed by atoms with E-state index < -0.39 is 5.82 Å². The van der Waals surface area contributed by atoms with Crippen molar-refractivity contribution >= 4 is 35.1 Å². The Morgan fingerprint density at radius 1 is 1.09 bits per heavy atom. The number of H-pyrrole nitrogens is 1. The van der Waals surface area contributed by atoms with Crippen molar-refractivity contribution in [1.29, 1.82) is 5.26 Å². The molecule has 0 amide bonds. The highest BCUT2D eigenvalue weighted by Crippen LogP contribution is 2.36. The molecule has 0 saturated heterocycles. The fourth-order valence-corrected chi connectivity index (χ4v) is 5.23. The number of ketones is 1. The number of carbonyl (C=O) groups excluding carboxylic acids is 1. The lowest BCUT2D eigenvalue weighted by atomic mass is 10.0. The van der Waals surface area contributed by atoms with Gasteiger partial charge in [-0.25, -0.2) is 4.39 Å². The Kier molecular flexibility index (Phi) is 9.23. The summed E-state index contributed by atoms with van der Waals surface area (Å²) < 4.78 is 37.9. The second-order valence-corrected chi connectivity index (χ2v) is 10.7. The quantitative estimate of drug-likeness (QED) is 0.119. The predicted octanol–water partition coefficient (Wildman–Crippen LogP) is 8.30. The number of aromatic amines is 1. The van der Waals surface area contributed by atoms with E-state index in [1.165, 1.54) is 43.5 Å². The van der Waals surface area contributed by atoms with E-state index in [2.05, 4.69) is 15.2 Å². The minimum absolute atomic E-state index is 0.0227. The van der Waals surface area contributed by atoms with Crippen LogP contribution in [0.15, 0.2) is 59.0 Å². The molecular weight excluding hydrogens is 622 g/mol. The van der Waals surface area contributed by atoms with Gasteiger partial charge in [-0.15, -0.1) is 10.2 Å². The van der Waals surface area contributed by atoms with Crippen molar-refractivity contribution in [3.63, 3.8) is 0 Å². The standard InChI is InChI=1S/C33H25Cl2FN4O5/c1-17-28(25(41)11-9-20-6-5-7-26(42-3)31(20)43-4)18(2)38-30(17)33-40-39-27(45-33)14-21-8-10-24(35)32(29(21)36)44-23-13-19(16-37)12-22(34)15-23/h5-13,15,38H,14H2,1-4H3/b11-9+. The van der Waals surface area contributed by atoms with Crippen molar-refractivity contribution in [3.05, 3.63) is 110 Å². The lowest BCUT2D eigenvalue weighted by molar-refractivity contribution is 0.104. The molecule has 0 unspecified atom stereocenters. The van der Waals surface area contributed by atoms with Gasteiger partial charge in [0.05, 0.1) is 37.3 Å². The molecule has 5 aromatic rings. The first-order valence-electron chi connectivity index (χ1n) is 13.4. The van der Waals surface area contributed by atoms with Crippen molar-refractivity contribution in [1.82, 2.24) is 15.2 Å². The summed E-state index contributed by atoms with van der Waals surface area (Å²) in [5.41, 5.74) is 3.25. The SMILES string of the molecule is COc1cccc(/C=C/C(=O)c2c(C)[nH]c(-c3nnc(Cc4ccc(Cl)c(Oc5cc(Cl)cc(C#N)c5)c4F)o3)c2C)c1OC. The van der Waals surface area contributed by atoms with Crippen LogP contribution in [0.25, 0.3) is 17.7 Å². The smallest absolute Gasteiger partial charge is 0.264 e. The van der Waals surface area contributed by atoms with Gasteiger partial charge in [-0.3, -0.25) is 4.79 Å². The highest BCUT2D eigenvalue weighted by molar-refractivity contribution is 6.32. The van der Waals surface area contributed by atoms with Crippen LogP contribution in [0.1, 0.15) is 44.2 Å². The fourth-order valence-electron chi connectivity index (χ4n) is 4.82. The Bertz CT molecular complexity index is 1990. The maximum Gasteiger partial charge on any atom is 0.264 e. The number of carbonyl (C=O) groups is 1. The third-order valence-corrected chi connectivity index (χ3v) is 7.42. The van der Waals surface area contributed by atoms with Gasteiger partial charge in [0.25, 0.3) is 5.89 Å². The van der Waals surface area contributed by atoms with Gasteiger partial charge in [-0.05, 0) is 61.9 Å². The first kappa shape index (κ1) is 31.3. The van der Waals surface area contributed by atoms with Crippen molar-refractivity contribution in [2.45, 2.75) is 20.3 Å². The Morgan fingerprint density at radius 2 is 1.89 bits per heavy atom. The molecule has 2 heterocycles. The summed E-state index contributed by atoms with van der Waals surface area (Å²) in [5.74, 6) is 0.255. The van der Waals surface area contributed by atoms with Crippen LogP contribution in [0, 0.1) is 31.0 Å². The number of methoxy groups -OCH3 is 2. The number of aryl methyl sites for hydroxylation is 1. The molecule has 9 nitrogen and oxygen atoms in total. The molecule has 0 bridgehead atoms.